The van der Waals surface area contributed by atoms with Gasteiger partial charge in [0, 0.05) is 19.3 Å². The summed E-state index contributed by atoms with van der Waals surface area (Å²) >= 11 is 0. The summed E-state index contributed by atoms with van der Waals surface area (Å²) in [6, 6.07) is 0. The van der Waals surface area contributed by atoms with Crippen LogP contribution in [0.15, 0.2) is 24.3 Å². The first-order valence-electron chi connectivity index (χ1n) is 33.3. The molecular weight excluding hydrogens is 913 g/mol. The van der Waals surface area contributed by atoms with E-state index in [2.05, 4.69) is 45.1 Å². The first kappa shape index (κ1) is 71.9. The number of unbranched alkanes of at least 4 members (excludes halogenated alkanes) is 47. The molecule has 1 atom stereocenters. The van der Waals surface area contributed by atoms with Crippen molar-refractivity contribution < 1.29 is 28.6 Å². The van der Waals surface area contributed by atoms with Crippen molar-refractivity contribution in [1.29, 1.82) is 0 Å². The van der Waals surface area contributed by atoms with Crippen LogP contribution >= 0.6 is 0 Å². The fourth-order valence-electron chi connectivity index (χ4n) is 10.1. The Balaban J connectivity index is 4.17. The maximum atomic E-state index is 12.9. The Labute approximate surface area is 462 Å². The molecule has 0 aliphatic rings. The summed E-state index contributed by atoms with van der Waals surface area (Å²) in [4.78, 5) is 38.3. The molecule has 0 rings (SSSR count). The van der Waals surface area contributed by atoms with Crippen LogP contribution in [0.25, 0.3) is 0 Å². The molecule has 0 fully saturated rings. The summed E-state index contributed by atoms with van der Waals surface area (Å²) in [7, 11) is 0. The van der Waals surface area contributed by atoms with E-state index in [4.69, 9.17) is 14.2 Å². The lowest BCUT2D eigenvalue weighted by Gasteiger charge is -2.18. The lowest BCUT2D eigenvalue weighted by molar-refractivity contribution is -0.167. The number of hydrogen-bond donors (Lipinski definition) is 0. The fraction of sp³-hybridized carbons (Fsp3) is 0.897. The number of carbonyl (C=O) groups is 3. The van der Waals surface area contributed by atoms with Crippen LogP contribution in [0.2, 0.25) is 0 Å². The normalized spacial score (nSPS) is 12.1. The van der Waals surface area contributed by atoms with E-state index in [9.17, 15) is 14.4 Å². The van der Waals surface area contributed by atoms with E-state index in [1.165, 1.54) is 270 Å². The highest BCUT2D eigenvalue weighted by Crippen LogP contribution is 2.18. The van der Waals surface area contributed by atoms with Crippen LogP contribution in [0, 0.1) is 0 Å². The lowest BCUT2D eigenvalue weighted by Crippen LogP contribution is -2.30. The topological polar surface area (TPSA) is 78.9 Å². The zero-order valence-corrected chi connectivity index (χ0v) is 50.1. The highest BCUT2D eigenvalue weighted by Gasteiger charge is 2.19. The van der Waals surface area contributed by atoms with Crippen molar-refractivity contribution in [3.63, 3.8) is 0 Å². The fourth-order valence-corrected chi connectivity index (χ4v) is 10.1. The quantitative estimate of drug-likeness (QED) is 0.0261. The summed E-state index contributed by atoms with van der Waals surface area (Å²) in [6.07, 6.45) is 76.3. The van der Waals surface area contributed by atoms with Gasteiger partial charge in [0.15, 0.2) is 6.10 Å². The lowest BCUT2D eigenvalue weighted by atomic mass is 10.0. The number of hydrogen-bond acceptors (Lipinski definition) is 6. The van der Waals surface area contributed by atoms with Crippen LogP contribution in [0.1, 0.15) is 374 Å². The van der Waals surface area contributed by atoms with Gasteiger partial charge in [-0.25, -0.2) is 0 Å². The van der Waals surface area contributed by atoms with Gasteiger partial charge < -0.3 is 14.2 Å². The van der Waals surface area contributed by atoms with E-state index in [0.717, 1.165) is 64.2 Å². The molecule has 6 heteroatoms. The molecule has 1 unspecified atom stereocenters. The molecule has 436 valence electrons. The number of ether oxygens (including phenoxy) is 3. The number of allylic oxidation sites excluding steroid dienone is 4. The molecule has 0 bridgehead atoms. The van der Waals surface area contributed by atoms with Gasteiger partial charge in [-0.05, 0) is 70.6 Å². The molecule has 0 N–H and O–H groups in total. The SMILES string of the molecule is CCCCC/C=C\CCCCCCCC(=O)OCC(COC(=O)CCCCCCCCCCCCCCCCC/C=C\CCCCCCCCCC)OC(=O)CCCCCCCCCCCCCCCCCCC. The molecule has 0 saturated heterocycles. The van der Waals surface area contributed by atoms with Gasteiger partial charge in [0.2, 0.25) is 0 Å². The molecule has 0 aliphatic carbocycles. The number of carbonyl (C=O) groups excluding carboxylic acids is 3. The summed E-state index contributed by atoms with van der Waals surface area (Å²) in [5.74, 6) is -0.850. The zero-order valence-electron chi connectivity index (χ0n) is 50.1. The molecule has 0 radical (unpaired) electrons. The van der Waals surface area contributed by atoms with Gasteiger partial charge in [-0.1, -0.05) is 308 Å². The molecule has 0 aromatic rings. The van der Waals surface area contributed by atoms with Crippen molar-refractivity contribution in [2.45, 2.75) is 380 Å². The Morgan fingerprint density at radius 2 is 0.446 bits per heavy atom. The second-order valence-corrected chi connectivity index (χ2v) is 22.7. The summed E-state index contributed by atoms with van der Waals surface area (Å²) < 4.78 is 16.9. The predicted molar refractivity (Wildman–Crippen MR) is 321 cm³/mol. The zero-order chi connectivity index (χ0) is 53.6. The van der Waals surface area contributed by atoms with Gasteiger partial charge in [-0.3, -0.25) is 14.4 Å². The molecule has 0 amide bonds. The van der Waals surface area contributed by atoms with E-state index in [1.807, 2.05) is 0 Å². The molecular formula is C68H128O6. The average Bonchev–Trinajstić information content (AvgIpc) is 3.40. The Kier molecular flexibility index (Phi) is 61.6. The van der Waals surface area contributed by atoms with E-state index in [-0.39, 0.29) is 31.1 Å². The van der Waals surface area contributed by atoms with Crippen LogP contribution in [0.5, 0.6) is 0 Å². The Bertz CT molecular complexity index is 1190. The van der Waals surface area contributed by atoms with Crippen molar-refractivity contribution in [2.24, 2.45) is 0 Å². The molecule has 0 aromatic heterocycles. The van der Waals surface area contributed by atoms with E-state index >= 15 is 0 Å². The Hall–Kier alpha value is -2.11. The Morgan fingerprint density at radius 1 is 0.257 bits per heavy atom. The van der Waals surface area contributed by atoms with E-state index < -0.39 is 6.10 Å². The molecule has 0 heterocycles. The molecule has 0 aliphatic heterocycles. The standard InChI is InChI=1S/C68H128O6/c1-4-7-10-13-16-19-22-25-27-29-30-31-32-33-34-35-36-37-38-40-41-43-46-49-52-55-58-61-67(70)73-64-65(63-72-66(69)60-57-54-51-48-45-24-21-18-15-12-9-6-3)74-68(71)62-59-56-53-50-47-44-42-39-28-26-23-20-17-14-11-8-5-2/h18,21,29-30,65H,4-17,19-20,22-28,31-64H2,1-3H3/b21-18-,30-29-. The van der Waals surface area contributed by atoms with Crippen molar-refractivity contribution in [1.82, 2.24) is 0 Å². The average molecular weight is 1040 g/mol. The van der Waals surface area contributed by atoms with Gasteiger partial charge in [0.05, 0.1) is 0 Å². The number of esters is 3. The largest absolute Gasteiger partial charge is 0.462 e. The molecule has 6 nitrogen and oxygen atoms in total. The predicted octanol–water partition coefficient (Wildman–Crippen LogP) is 22.6. The first-order chi connectivity index (χ1) is 36.5. The third-order valence-electron chi connectivity index (χ3n) is 15.2. The monoisotopic (exact) mass is 1040 g/mol. The molecule has 0 saturated carbocycles. The minimum Gasteiger partial charge on any atom is -0.462 e. The smallest absolute Gasteiger partial charge is 0.306 e. The van der Waals surface area contributed by atoms with Gasteiger partial charge in [0.25, 0.3) is 0 Å². The molecule has 0 spiro atoms. The maximum absolute atomic E-state index is 12.9. The van der Waals surface area contributed by atoms with Crippen LogP contribution < -0.4 is 0 Å². The second-order valence-electron chi connectivity index (χ2n) is 22.7. The van der Waals surface area contributed by atoms with Gasteiger partial charge >= 0.3 is 17.9 Å². The van der Waals surface area contributed by atoms with Crippen LogP contribution in [-0.2, 0) is 28.6 Å². The first-order valence-corrected chi connectivity index (χ1v) is 33.3. The maximum Gasteiger partial charge on any atom is 0.306 e. The van der Waals surface area contributed by atoms with Crippen LogP contribution in [0.4, 0.5) is 0 Å². The third kappa shape index (κ3) is 60.8. The van der Waals surface area contributed by atoms with Gasteiger partial charge in [-0.2, -0.15) is 0 Å². The van der Waals surface area contributed by atoms with Crippen LogP contribution in [-0.4, -0.2) is 37.2 Å². The van der Waals surface area contributed by atoms with Crippen molar-refractivity contribution in [3.05, 3.63) is 24.3 Å². The van der Waals surface area contributed by atoms with Crippen molar-refractivity contribution in [3.8, 4) is 0 Å². The highest BCUT2D eigenvalue weighted by atomic mass is 16.6. The molecule has 0 aromatic carbocycles. The summed E-state index contributed by atoms with van der Waals surface area (Å²) in [5, 5.41) is 0. The second kappa shape index (κ2) is 63.4. The summed E-state index contributed by atoms with van der Waals surface area (Å²) in [6.45, 7) is 6.68. The van der Waals surface area contributed by atoms with Gasteiger partial charge in [0.1, 0.15) is 13.2 Å². The van der Waals surface area contributed by atoms with Crippen LogP contribution in [0.3, 0.4) is 0 Å². The molecule has 74 heavy (non-hydrogen) atoms. The Morgan fingerprint density at radius 3 is 0.703 bits per heavy atom. The summed E-state index contributed by atoms with van der Waals surface area (Å²) in [5.41, 5.74) is 0. The van der Waals surface area contributed by atoms with E-state index in [0.29, 0.717) is 19.3 Å². The minimum atomic E-state index is -0.770. The van der Waals surface area contributed by atoms with E-state index in [1.54, 1.807) is 0 Å². The van der Waals surface area contributed by atoms with Crippen molar-refractivity contribution >= 4 is 17.9 Å². The van der Waals surface area contributed by atoms with Crippen molar-refractivity contribution in [2.75, 3.05) is 13.2 Å². The highest BCUT2D eigenvalue weighted by molar-refractivity contribution is 5.71. The number of rotatable bonds is 62. The third-order valence-corrected chi connectivity index (χ3v) is 15.2. The minimum absolute atomic E-state index is 0.0682. The van der Waals surface area contributed by atoms with Gasteiger partial charge in [-0.15, -0.1) is 0 Å².